The number of ketones is 1. The maximum atomic E-state index is 13.9. The summed E-state index contributed by atoms with van der Waals surface area (Å²) >= 11 is 0. The number of halogens is 4. The van der Waals surface area contributed by atoms with Crippen LogP contribution in [0.3, 0.4) is 0 Å². The number of rotatable bonds is 5. The van der Waals surface area contributed by atoms with Crippen LogP contribution in [0.1, 0.15) is 63.4 Å². The van der Waals surface area contributed by atoms with Gasteiger partial charge in [0.25, 0.3) is 17.6 Å². The SMILES string of the molecule is Cc1cc(NC(=O)c2c(C)c(C(=O)C(=O)NC3(C(F)(F)F)CCC(O)CC3)n(C)c2C)ccc1F. The van der Waals surface area contributed by atoms with Crippen molar-refractivity contribution in [3.8, 4) is 0 Å². The number of nitrogens with one attached hydrogen (secondary N) is 2. The second-order valence-corrected chi connectivity index (χ2v) is 9.01. The molecule has 1 aromatic heterocycles. The Kier molecular flexibility index (Phi) is 7.12. The summed E-state index contributed by atoms with van der Waals surface area (Å²) in [6, 6.07) is 3.98. The second kappa shape index (κ2) is 9.44. The van der Waals surface area contributed by atoms with Crippen molar-refractivity contribution in [1.29, 1.82) is 0 Å². The molecule has 35 heavy (non-hydrogen) atoms. The fourth-order valence-electron chi connectivity index (χ4n) is 4.51. The average Bonchev–Trinajstić information content (AvgIpc) is 2.99. The molecule has 2 amide bonds. The summed E-state index contributed by atoms with van der Waals surface area (Å²) in [5, 5.41) is 14.1. The van der Waals surface area contributed by atoms with Gasteiger partial charge >= 0.3 is 6.18 Å². The lowest BCUT2D eigenvalue weighted by Gasteiger charge is -2.40. The third kappa shape index (κ3) is 4.95. The molecule has 11 heteroatoms. The van der Waals surface area contributed by atoms with Gasteiger partial charge in [-0.1, -0.05) is 0 Å². The number of carbonyl (C=O) groups is 3. The van der Waals surface area contributed by atoms with E-state index < -0.39 is 54.1 Å². The number of aliphatic hydroxyl groups excluding tert-OH is 1. The molecular weight excluding hydrogens is 470 g/mol. The zero-order chi connectivity index (χ0) is 26.3. The Morgan fingerprint density at radius 2 is 1.71 bits per heavy atom. The predicted octanol–water partition coefficient (Wildman–Crippen LogP) is 3.88. The molecule has 3 N–H and O–H groups in total. The smallest absolute Gasteiger partial charge is 0.393 e. The summed E-state index contributed by atoms with van der Waals surface area (Å²) < 4.78 is 56.4. The van der Waals surface area contributed by atoms with Gasteiger partial charge in [0.2, 0.25) is 0 Å². The highest BCUT2D eigenvalue weighted by Crippen LogP contribution is 2.41. The van der Waals surface area contributed by atoms with Gasteiger partial charge in [-0.15, -0.1) is 0 Å². The lowest BCUT2D eigenvalue weighted by atomic mass is 9.79. The number of amides is 2. The first-order valence-corrected chi connectivity index (χ1v) is 11.0. The Morgan fingerprint density at radius 3 is 2.26 bits per heavy atom. The molecule has 1 heterocycles. The molecule has 2 aromatic rings. The zero-order valence-electron chi connectivity index (χ0n) is 19.8. The molecule has 0 radical (unpaired) electrons. The van der Waals surface area contributed by atoms with Crippen LogP contribution in [-0.2, 0) is 11.8 Å². The van der Waals surface area contributed by atoms with Crippen molar-refractivity contribution < 1.29 is 37.1 Å². The number of aryl methyl sites for hydroxylation is 1. The highest BCUT2D eigenvalue weighted by Gasteiger charge is 2.57. The Bertz CT molecular complexity index is 1180. The van der Waals surface area contributed by atoms with Crippen molar-refractivity contribution in [2.75, 3.05) is 5.32 Å². The number of hydrogen-bond donors (Lipinski definition) is 3. The van der Waals surface area contributed by atoms with E-state index in [1.807, 2.05) is 5.32 Å². The van der Waals surface area contributed by atoms with E-state index in [1.54, 1.807) is 0 Å². The van der Waals surface area contributed by atoms with Crippen molar-refractivity contribution in [1.82, 2.24) is 9.88 Å². The monoisotopic (exact) mass is 497 g/mol. The number of benzene rings is 1. The summed E-state index contributed by atoms with van der Waals surface area (Å²) in [5.41, 5.74) is -1.68. The second-order valence-electron chi connectivity index (χ2n) is 9.01. The maximum absolute atomic E-state index is 13.9. The van der Waals surface area contributed by atoms with Crippen molar-refractivity contribution >= 4 is 23.3 Å². The molecule has 190 valence electrons. The van der Waals surface area contributed by atoms with E-state index in [0.29, 0.717) is 16.9 Å². The molecule has 1 fully saturated rings. The van der Waals surface area contributed by atoms with Gasteiger partial charge in [-0.25, -0.2) is 4.39 Å². The number of hydrogen-bond acceptors (Lipinski definition) is 4. The third-order valence-corrected chi connectivity index (χ3v) is 6.70. The van der Waals surface area contributed by atoms with Gasteiger partial charge in [-0.05, 0) is 75.8 Å². The van der Waals surface area contributed by atoms with E-state index in [4.69, 9.17) is 0 Å². The molecule has 1 aliphatic carbocycles. The number of Topliss-reactive ketones (excluding diaryl/α,β-unsaturated/α-hetero) is 1. The van der Waals surface area contributed by atoms with Crippen LogP contribution < -0.4 is 10.6 Å². The van der Waals surface area contributed by atoms with Crippen LogP contribution in [0, 0.1) is 26.6 Å². The van der Waals surface area contributed by atoms with Crippen LogP contribution in [0.5, 0.6) is 0 Å². The van der Waals surface area contributed by atoms with E-state index in [1.165, 1.54) is 50.6 Å². The topological polar surface area (TPSA) is 100 Å². The summed E-state index contributed by atoms with van der Waals surface area (Å²) in [4.78, 5) is 38.7. The number of alkyl halides is 3. The zero-order valence-corrected chi connectivity index (χ0v) is 19.8. The Morgan fingerprint density at radius 1 is 1.11 bits per heavy atom. The minimum Gasteiger partial charge on any atom is -0.393 e. The van der Waals surface area contributed by atoms with Gasteiger partial charge in [0, 0.05) is 18.4 Å². The first-order chi connectivity index (χ1) is 16.2. The summed E-state index contributed by atoms with van der Waals surface area (Å²) in [7, 11) is 1.43. The molecule has 1 saturated carbocycles. The van der Waals surface area contributed by atoms with Crippen LogP contribution in [0.4, 0.5) is 23.2 Å². The first kappa shape index (κ1) is 26.4. The number of aromatic nitrogens is 1. The van der Waals surface area contributed by atoms with Crippen molar-refractivity contribution in [3.63, 3.8) is 0 Å². The van der Waals surface area contributed by atoms with Gasteiger partial charge < -0.3 is 20.3 Å². The van der Waals surface area contributed by atoms with Gasteiger partial charge in [-0.2, -0.15) is 13.2 Å². The predicted molar refractivity (Wildman–Crippen MR) is 120 cm³/mol. The lowest BCUT2D eigenvalue weighted by molar-refractivity contribution is -0.209. The summed E-state index contributed by atoms with van der Waals surface area (Å²) in [6.45, 7) is 4.49. The lowest BCUT2D eigenvalue weighted by Crippen LogP contribution is -2.62. The van der Waals surface area contributed by atoms with E-state index in [2.05, 4.69) is 5.32 Å². The van der Waals surface area contributed by atoms with Crippen LogP contribution in [0.2, 0.25) is 0 Å². The molecule has 0 saturated heterocycles. The van der Waals surface area contributed by atoms with E-state index in [-0.39, 0.29) is 29.7 Å². The molecule has 7 nitrogen and oxygen atoms in total. The molecule has 3 rings (SSSR count). The molecule has 0 unspecified atom stereocenters. The Labute approximate surface area is 199 Å². The first-order valence-electron chi connectivity index (χ1n) is 11.0. The van der Waals surface area contributed by atoms with E-state index >= 15 is 0 Å². The molecule has 1 aliphatic rings. The van der Waals surface area contributed by atoms with Gasteiger partial charge in [-0.3, -0.25) is 14.4 Å². The normalized spacial score (nSPS) is 20.4. The molecule has 0 spiro atoms. The van der Waals surface area contributed by atoms with Crippen molar-refractivity contribution in [2.24, 2.45) is 7.05 Å². The largest absolute Gasteiger partial charge is 0.411 e. The maximum Gasteiger partial charge on any atom is 0.411 e. The fraction of sp³-hybridized carbons (Fsp3) is 0.458. The van der Waals surface area contributed by atoms with E-state index in [0.717, 1.165) is 0 Å². The minimum absolute atomic E-state index is 0.0805. The number of aliphatic hydroxyl groups is 1. The minimum atomic E-state index is -4.82. The van der Waals surface area contributed by atoms with Crippen molar-refractivity contribution in [3.05, 3.63) is 52.1 Å². The summed E-state index contributed by atoms with van der Waals surface area (Å²) in [5.74, 6) is -3.71. The Balaban J connectivity index is 1.89. The van der Waals surface area contributed by atoms with Gasteiger partial charge in [0.1, 0.15) is 11.4 Å². The van der Waals surface area contributed by atoms with Gasteiger partial charge in [0.05, 0.1) is 17.4 Å². The average molecular weight is 497 g/mol. The third-order valence-electron chi connectivity index (χ3n) is 6.70. The number of nitrogens with zero attached hydrogens (tertiary/aromatic N) is 1. The van der Waals surface area contributed by atoms with Crippen LogP contribution in [0.25, 0.3) is 0 Å². The highest BCUT2D eigenvalue weighted by molar-refractivity contribution is 6.43. The number of anilines is 1. The molecular formula is C24H27F4N3O4. The molecule has 0 bridgehead atoms. The van der Waals surface area contributed by atoms with Crippen molar-refractivity contribution in [2.45, 2.75) is 64.3 Å². The standard InChI is InChI=1S/C24H27F4N3O4/c1-12-11-15(5-6-17(12)25)29-21(34)18-13(2)19(31(4)14(18)3)20(33)22(35)30-23(24(26,27)28)9-7-16(32)8-10-23/h5-6,11,16,32H,7-10H2,1-4H3,(H,29,34)(H,30,35). The van der Waals surface area contributed by atoms with Gasteiger partial charge in [0.15, 0.2) is 0 Å². The molecule has 1 aromatic carbocycles. The number of carbonyl (C=O) groups excluding carboxylic acids is 3. The van der Waals surface area contributed by atoms with Crippen LogP contribution in [-0.4, -0.2) is 45.1 Å². The van der Waals surface area contributed by atoms with E-state index in [9.17, 15) is 37.1 Å². The quantitative estimate of drug-likeness (QED) is 0.332. The van der Waals surface area contributed by atoms with Crippen LogP contribution >= 0.6 is 0 Å². The molecule has 0 atom stereocenters. The molecule has 0 aliphatic heterocycles. The fourth-order valence-corrected chi connectivity index (χ4v) is 4.51. The van der Waals surface area contributed by atoms with Crippen LogP contribution in [0.15, 0.2) is 18.2 Å². The Hall–Kier alpha value is -3.21. The highest BCUT2D eigenvalue weighted by atomic mass is 19.4. The summed E-state index contributed by atoms with van der Waals surface area (Å²) in [6.07, 6.45) is -7.14.